The maximum Gasteiger partial charge on any atom is 0.416 e. The minimum Gasteiger partial charge on any atom is -0.370 e. The van der Waals surface area contributed by atoms with Crippen LogP contribution in [0.5, 0.6) is 0 Å². The molecule has 1 aromatic carbocycles. The van der Waals surface area contributed by atoms with Crippen molar-refractivity contribution in [3.63, 3.8) is 0 Å². The summed E-state index contributed by atoms with van der Waals surface area (Å²) in [5.41, 5.74) is 0.0858. The highest BCUT2D eigenvalue weighted by Crippen LogP contribution is 2.31. The summed E-state index contributed by atoms with van der Waals surface area (Å²) < 4.78 is 38.1. The Kier molecular flexibility index (Phi) is 4.34. The van der Waals surface area contributed by atoms with Gasteiger partial charge in [-0.2, -0.15) is 13.2 Å². The zero-order valence-corrected chi connectivity index (χ0v) is 11.0. The van der Waals surface area contributed by atoms with Crippen molar-refractivity contribution in [1.29, 1.82) is 0 Å². The molecule has 1 unspecified atom stereocenters. The van der Waals surface area contributed by atoms with Gasteiger partial charge in [-0.15, -0.1) is 0 Å². The Hall–Kier alpha value is -1.23. The Labute approximate surface area is 111 Å². The molecule has 0 saturated carbocycles. The first-order chi connectivity index (χ1) is 9.00. The smallest absolute Gasteiger partial charge is 0.370 e. The molecule has 0 aromatic heterocycles. The normalized spacial score (nSPS) is 21.3. The Bertz CT molecular complexity index is 417. The second-order valence-electron chi connectivity index (χ2n) is 4.88. The Morgan fingerprint density at radius 3 is 2.79 bits per heavy atom. The van der Waals surface area contributed by atoms with Crippen LogP contribution in [-0.2, 0) is 6.18 Å². The molecule has 0 bridgehead atoms. The summed E-state index contributed by atoms with van der Waals surface area (Å²) in [5.74, 6) is 0. The van der Waals surface area contributed by atoms with Crippen LogP contribution in [0.4, 0.5) is 18.9 Å². The van der Waals surface area contributed by atoms with Gasteiger partial charge in [-0.05, 0) is 31.0 Å². The number of anilines is 1. The molecule has 0 radical (unpaired) electrons. The zero-order chi connectivity index (χ0) is 13.9. The van der Waals surface area contributed by atoms with Gasteiger partial charge in [0, 0.05) is 31.4 Å². The van der Waals surface area contributed by atoms with Crippen LogP contribution in [0.25, 0.3) is 0 Å². The highest BCUT2D eigenvalue weighted by Gasteiger charge is 2.30. The zero-order valence-electron chi connectivity index (χ0n) is 11.0. The van der Waals surface area contributed by atoms with Crippen LogP contribution < -0.4 is 10.2 Å². The summed E-state index contributed by atoms with van der Waals surface area (Å²) in [6.45, 7) is 4.48. The molecule has 5 heteroatoms. The number of hydrogen-bond donors (Lipinski definition) is 1. The number of nitrogens with zero attached hydrogens (tertiary/aromatic N) is 1. The molecule has 0 spiro atoms. The Balaban J connectivity index is 2.13. The van der Waals surface area contributed by atoms with Crippen molar-refractivity contribution in [2.45, 2.75) is 32.0 Å². The van der Waals surface area contributed by atoms with E-state index < -0.39 is 11.7 Å². The van der Waals surface area contributed by atoms with E-state index >= 15 is 0 Å². The van der Waals surface area contributed by atoms with Crippen LogP contribution >= 0.6 is 0 Å². The van der Waals surface area contributed by atoms with Gasteiger partial charge < -0.3 is 10.2 Å². The lowest BCUT2D eigenvalue weighted by atomic mass is 10.1. The topological polar surface area (TPSA) is 15.3 Å². The molecule has 2 rings (SSSR count). The first kappa shape index (κ1) is 14.2. The number of rotatable bonds is 2. The van der Waals surface area contributed by atoms with Crippen molar-refractivity contribution in [3.05, 3.63) is 29.8 Å². The molecule has 1 N–H and O–H groups in total. The SMILES string of the molecule is CCC1CCN(c2cccc(C(F)(F)F)c2)CCN1. The Morgan fingerprint density at radius 2 is 2.11 bits per heavy atom. The molecule has 19 heavy (non-hydrogen) atoms. The molecule has 0 amide bonds. The van der Waals surface area contributed by atoms with Gasteiger partial charge in [-0.3, -0.25) is 0 Å². The van der Waals surface area contributed by atoms with Crippen molar-refractivity contribution in [1.82, 2.24) is 5.32 Å². The Morgan fingerprint density at radius 1 is 1.32 bits per heavy atom. The molecule has 1 atom stereocenters. The van der Waals surface area contributed by atoms with Crippen LogP contribution in [0.3, 0.4) is 0 Å². The molecule has 1 aromatic rings. The van der Waals surface area contributed by atoms with Crippen molar-refractivity contribution in [2.24, 2.45) is 0 Å². The summed E-state index contributed by atoms with van der Waals surface area (Å²) in [6.07, 6.45) is -2.25. The van der Waals surface area contributed by atoms with Crippen LogP contribution in [0, 0.1) is 0 Å². The molecule has 0 aliphatic carbocycles. The summed E-state index contributed by atoms with van der Waals surface area (Å²) >= 11 is 0. The molecule has 1 heterocycles. The minimum atomic E-state index is -4.27. The van der Waals surface area contributed by atoms with Crippen molar-refractivity contribution in [3.8, 4) is 0 Å². The van der Waals surface area contributed by atoms with Crippen molar-refractivity contribution >= 4 is 5.69 Å². The number of hydrogen-bond acceptors (Lipinski definition) is 2. The van der Waals surface area contributed by atoms with E-state index in [1.54, 1.807) is 6.07 Å². The van der Waals surface area contributed by atoms with Crippen molar-refractivity contribution < 1.29 is 13.2 Å². The van der Waals surface area contributed by atoms with E-state index in [-0.39, 0.29) is 0 Å². The highest BCUT2D eigenvalue weighted by molar-refractivity contribution is 5.49. The van der Waals surface area contributed by atoms with Crippen LogP contribution in [-0.4, -0.2) is 25.7 Å². The number of alkyl halides is 3. The lowest BCUT2D eigenvalue weighted by Gasteiger charge is -2.23. The molecule has 106 valence electrons. The van der Waals surface area contributed by atoms with Gasteiger partial charge >= 0.3 is 6.18 Å². The largest absolute Gasteiger partial charge is 0.416 e. The maximum atomic E-state index is 12.7. The van der Waals surface area contributed by atoms with E-state index in [4.69, 9.17) is 0 Å². The average Bonchev–Trinajstić information content (AvgIpc) is 2.63. The second-order valence-corrected chi connectivity index (χ2v) is 4.88. The van der Waals surface area contributed by atoms with Gasteiger partial charge in [0.15, 0.2) is 0 Å². The molecular formula is C14H19F3N2. The van der Waals surface area contributed by atoms with Crippen LogP contribution in [0.1, 0.15) is 25.3 Å². The second kappa shape index (κ2) is 5.82. The first-order valence-corrected chi connectivity index (χ1v) is 6.66. The monoisotopic (exact) mass is 272 g/mol. The van der Waals surface area contributed by atoms with Gasteiger partial charge in [0.1, 0.15) is 0 Å². The third kappa shape index (κ3) is 3.62. The predicted molar refractivity (Wildman–Crippen MR) is 70.4 cm³/mol. The van der Waals surface area contributed by atoms with Gasteiger partial charge in [-0.25, -0.2) is 0 Å². The van der Waals surface area contributed by atoms with Gasteiger partial charge in [0.25, 0.3) is 0 Å². The highest BCUT2D eigenvalue weighted by atomic mass is 19.4. The summed E-state index contributed by atoms with van der Waals surface area (Å²) in [6, 6.07) is 6.06. The van der Waals surface area contributed by atoms with E-state index in [1.165, 1.54) is 12.1 Å². The summed E-state index contributed by atoms with van der Waals surface area (Å²) in [4.78, 5) is 2.03. The summed E-state index contributed by atoms with van der Waals surface area (Å²) in [7, 11) is 0. The molecular weight excluding hydrogens is 253 g/mol. The fourth-order valence-electron chi connectivity index (χ4n) is 2.41. The fourth-order valence-corrected chi connectivity index (χ4v) is 2.41. The van der Waals surface area contributed by atoms with E-state index in [0.717, 1.165) is 38.5 Å². The molecule has 1 aliphatic heterocycles. The van der Waals surface area contributed by atoms with Gasteiger partial charge in [-0.1, -0.05) is 13.0 Å². The number of halogens is 3. The summed E-state index contributed by atoms with van der Waals surface area (Å²) in [5, 5.41) is 3.41. The number of benzene rings is 1. The number of nitrogens with one attached hydrogen (secondary N) is 1. The molecule has 1 aliphatic rings. The van der Waals surface area contributed by atoms with E-state index in [0.29, 0.717) is 11.7 Å². The molecule has 1 fully saturated rings. The average molecular weight is 272 g/mol. The standard InChI is InChI=1S/C14H19F3N2/c1-2-12-6-8-19(9-7-18-12)13-5-3-4-11(10-13)14(15,16)17/h3-5,10,12,18H,2,6-9H2,1H3. The van der Waals surface area contributed by atoms with Crippen LogP contribution in [0.15, 0.2) is 24.3 Å². The third-order valence-electron chi connectivity index (χ3n) is 3.59. The van der Waals surface area contributed by atoms with Crippen molar-refractivity contribution in [2.75, 3.05) is 24.5 Å². The lowest BCUT2D eigenvalue weighted by Crippen LogP contribution is -2.30. The van der Waals surface area contributed by atoms with E-state index in [2.05, 4.69) is 12.2 Å². The molecule has 2 nitrogen and oxygen atoms in total. The van der Waals surface area contributed by atoms with E-state index in [9.17, 15) is 13.2 Å². The first-order valence-electron chi connectivity index (χ1n) is 6.66. The minimum absolute atomic E-state index is 0.468. The van der Waals surface area contributed by atoms with Gasteiger partial charge in [0.05, 0.1) is 5.56 Å². The lowest BCUT2D eigenvalue weighted by molar-refractivity contribution is -0.137. The molecule has 1 saturated heterocycles. The predicted octanol–water partition coefficient (Wildman–Crippen LogP) is 3.28. The third-order valence-corrected chi connectivity index (χ3v) is 3.59. The van der Waals surface area contributed by atoms with Gasteiger partial charge in [0.2, 0.25) is 0 Å². The maximum absolute atomic E-state index is 12.7. The van der Waals surface area contributed by atoms with Crippen LogP contribution in [0.2, 0.25) is 0 Å². The fraction of sp³-hybridized carbons (Fsp3) is 0.571. The van der Waals surface area contributed by atoms with E-state index in [1.807, 2.05) is 4.90 Å². The quantitative estimate of drug-likeness (QED) is 0.888.